The molecule has 0 radical (unpaired) electrons. The number of likely N-dealkylation sites (tertiary alicyclic amines) is 1. The first kappa shape index (κ1) is 21.8. The van der Waals surface area contributed by atoms with Gasteiger partial charge in [-0.25, -0.2) is 4.79 Å². The van der Waals surface area contributed by atoms with Crippen LogP contribution >= 0.6 is 11.6 Å². The first-order valence-electron chi connectivity index (χ1n) is 11.0. The van der Waals surface area contributed by atoms with Gasteiger partial charge in [0, 0.05) is 50.1 Å². The summed E-state index contributed by atoms with van der Waals surface area (Å²) in [5, 5.41) is 0.768. The van der Waals surface area contributed by atoms with Gasteiger partial charge in [-0.2, -0.15) is 0 Å². The summed E-state index contributed by atoms with van der Waals surface area (Å²) in [7, 11) is 0. The number of halogens is 1. The molecule has 0 atom stereocenters. The first-order chi connectivity index (χ1) is 15.0. The zero-order valence-corrected chi connectivity index (χ0v) is 18.7. The van der Waals surface area contributed by atoms with Crippen molar-refractivity contribution < 1.29 is 9.59 Å². The minimum atomic E-state index is -0.697. The van der Waals surface area contributed by atoms with Gasteiger partial charge in [-0.05, 0) is 55.9 Å². The highest BCUT2D eigenvalue weighted by atomic mass is 35.5. The van der Waals surface area contributed by atoms with Gasteiger partial charge in [-0.3, -0.25) is 19.6 Å². The number of piperidine rings is 1. The molecular formula is C24H29ClN4O2. The number of benzene rings is 1. The number of aryl methyl sites for hydroxylation is 1. The van der Waals surface area contributed by atoms with Crippen LogP contribution in [-0.4, -0.2) is 63.3 Å². The van der Waals surface area contributed by atoms with Crippen LogP contribution < -0.4 is 0 Å². The van der Waals surface area contributed by atoms with E-state index in [4.69, 9.17) is 11.6 Å². The van der Waals surface area contributed by atoms with Crippen molar-refractivity contribution in [2.45, 2.75) is 44.7 Å². The maximum Gasteiger partial charge on any atom is 0.327 e. The van der Waals surface area contributed by atoms with Crippen LogP contribution in [0.15, 0.2) is 48.8 Å². The summed E-state index contributed by atoms with van der Waals surface area (Å²) >= 11 is 6.32. The smallest absolute Gasteiger partial charge is 0.310 e. The Labute approximate surface area is 188 Å². The molecule has 2 aliphatic rings. The van der Waals surface area contributed by atoms with E-state index in [1.54, 1.807) is 11.1 Å². The average molecular weight is 441 g/mol. The van der Waals surface area contributed by atoms with Crippen molar-refractivity contribution in [1.82, 2.24) is 19.7 Å². The van der Waals surface area contributed by atoms with Crippen LogP contribution in [-0.2, 0) is 17.8 Å². The van der Waals surface area contributed by atoms with Gasteiger partial charge in [0.25, 0.3) is 5.91 Å². The zero-order chi connectivity index (χ0) is 21.8. The molecule has 1 spiro atoms. The lowest BCUT2D eigenvalue weighted by molar-refractivity contribution is -0.135. The fourth-order valence-corrected chi connectivity index (χ4v) is 5.03. The Kier molecular flexibility index (Phi) is 6.58. The Bertz CT molecular complexity index is 928. The number of hydrogen-bond acceptors (Lipinski definition) is 4. The number of amides is 3. The maximum absolute atomic E-state index is 13.4. The highest BCUT2D eigenvalue weighted by Gasteiger charge is 2.57. The number of urea groups is 1. The largest absolute Gasteiger partial charge is 0.327 e. The number of likely N-dealkylation sites (N-methyl/N-ethyl adjacent to an activating group) is 1. The molecule has 3 heterocycles. The Balaban J connectivity index is 1.40. The lowest BCUT2D eigenvalue weighted by Gasteiger charge is -2.42. The molecule has 2 fully saturated rings. The van der Waals surface area contributed by atoms with Crippen molar-refractivity contribution in [1.29, 1.82) is 0 Å². The van der Waals surface area contributed by atoms with Gasteiger partial charge in [-0.15, -0.1) is 0 Å². The fraction of sp³-hybridized carbons (Fsp3) is 0.458. The molecule has 0 bridgehead atoms. The van der Waals surface area contributed by atoms with E-state index < -0.39 is 5.54 Å². The second kappa shape index (κ2) is 9.37. The standard InChI is InChI=1S/C24H29ClN4O2/c1-2-29-23(31)28(14-6-8-19-7-5-13-26-17-19)22(30)24(29)11-15-27(16-12-24)18-20-9-3-4-10-21(20)25/h3-5,7,9-10,13,17H,2,6,8,11-12,14-16,18H2,1H3. The number of nitrogens with zero attached hydrogens (tertiary/aromatic N) is 4. The summed E-state index contributed by atoms with van der Waals surface area (Å²) in [6.45, 7) is 5.26. The van der Waals surface area contributed by atoms with E-state index in [-0.39, 0.29) is 11.9 Å². The van der Waals surface area contributed by atoms with Crippen LogP contribution in [0.3, 0.4) is 0 Å². The molecule has 2 aliphatic heterocycles. The van der Waals surface area contributed by atoms with Crippen molar-refractivity contribution >= 4 is 23.5 Å². The number of imide groups is 1. The lowest BCUT2D eigenvalue weighted by Crippen LogP contribution is -2.56. The molecule has 7 heteroatoms. The molecule has 2 aromatic rings. The molecule has 2 saturated heterocycles. The second-order valence-electron chi connectivity index (χ2n) is 8.35. The molecule has 0 unspecified atom stereocenters. The minimum Gasteiger partial charge on any atom is -0.310 e. The van der Waals surface area contributed by atoms with Crippen LogP contribution in [0.25, 0.3) is 0 Å². The van der Waals surface area contributed by atoms with Crippen LogP contribution in [0, 0.1) is 0 Å². The highest BCUT2D eigenvalue weighted by molar-refractivity contribution is 6.31. The van der Waals surface area contributed by atoms with Gasteiger partial charge in [0.05, 0.1) is 0 Å². The van der Waals surface area contributed by atoms with Gasteiger partial charge in [0.15, 0.2) is 0 Å². The molecule has 1 aromatic carbocycles. The van der Waals surface area contributed by atoms with E-state index >= 15 is 0 Å². The number of rotatable bonds is 7. The number of pyridine rings is 1. The van der Waals surface area contributed by atoms with Crippen LogP contribution in [0.1, 0.15) is 37.3 Å². The van der Waals surface area contributed by atoms with E-state index in [0.717, 1.165) is 48.6 Å². The second-order valence-corrected chi connectivity index (χ2v) is 8.75. The predicted molar refractivity (Wildman–Crippen MR) is 121 cm³/mol. The Morgan fingerprint density at radius 3 is 2.55 bits per heavy atom. The van der Waals surface area contributed by atoms with E-state index in [1.165, 1.54) is 4.90 Å². The molecular weight excluding hydrogens is 412 g/mol. The lowest BCUT2D eigenvalue weighted by atomic mass is 9.85. The summed E-state index contributed by atoms with van der Waals surface area (Å²) in [6.07, 6.45) is 6.45. The summed E-state index contributed by atoms with van der Waals surface area (Å²) in [5.41, 5.74) is 1.52. The van der Waals surface area contributed by atoms with Gasteiger partial charge >= 0.3 is 6.03 Å². The number of aromatic nitrogens is 1. The molecule has 1 aromatic heterocycles. The SMILES string of the molecule is CCN1C(=O)N(CCCc2cccnc2)C(=O)C12CCN(Cc1ccccc1Cl)CC2. The predicted octanol–water partition coefficient (Wildman–Crippen LogP) is 3.99. The monoisotopic (exact) mass is 440 g/mol. The van der Waals surface area contributed by atoms with Crippen LogP contribution in [0.5, 0.6) is 0 Å². The number of carbonyl (C=O) groups is 2. The quantitative estimate of drug-likeness (QED) is 0.611. The third-order valence-electron chi connectivity index (χ3n) is 6.54. The van der Waals surface area contributed by atoms with Crippen molar-refractivity contribution in [3.05, 3.63) is 64.9 Å². The van der Waals surface area contributed by atoms with Crippen molar-refractivity contribution in [3.8, 4) is 0 Å². The normalized spacial score (nSPS) is 18.9. The van der Waals surface area contributed by atoms with Crippen molar-refractivity contribution in [2.24, 2.45) is 0 Å². The Hall–Kier alpha value is -2.44. The van der Waals surface area contributed by atoms with Gasteiger partial charge < -0.3 is 4.90 Å². The van der Waals surface area contributed by atoms with E-state index in [2.05, 4.69) is 9.88 Å². The molecule has 4 rings (SSSR count). The molecule has 0 saturated carbocycles. The number of carbonyl (C=O) groups excluding carboxylic acids is 2. The third-order valence-corrected chi connectivity index (χ3v) is 6.91. The summed E-state index contributed by atoms with van der Waals surface area (Å²) in [4.78, 5) is 36.2. The highest BCUT2D eigenvalue weighted by Crippen LogP contribution is 2.37. The maximum atomic E-state index is 13.4. The van der Waals surface area contributed by atoms with E-state index in [1.807, 2.05) is 49.5 Å². The number of hydrogen-bond donors (Lipinski definition) is 0. The van der Waals surface area contributed by atoms with Gasteiger partial charge in [-0.1, -0.05) is 35.9 Å². The molecule has 164 valence electrons. The van der Waals surface area contributed by atoms with Gasteiger partial charge in [0.2, 0.25) is 0 Å². The summed E-state index contributed by atoms with van der Waals surface area (Å²) in [6, 6.07) is 11.7. The van der Waals surface area contributed by atoms with Crippen LogP contribution in [0.2, 0.25) is 5.02 Å². The molecule has 6 nitrogen and oxygen atoms in total. The minimum absolute atomic E-state index is 0.0251. The molecule has 0 aliphatic carbocycles. The van der Waals surface area contributed by atoms with Crippen molar-refractivity contribution in [2.75, 3.05) is 26.2 Å². The van der Waals surface area contributed by atoms with Crippen molar-refractivity contribution in [3.63, 3.8) is 0 Å². The third kappa shape index (κ3) is 4.32. The fourth-order valence-electron chi connectivity index (χ4n) is 4.84. The molecule has 31 heavy (non-hydrogen) atoms. The summed E-state index contributed by atoms with van der Waals surface area (Å²) in [5.74, 6) is -0.0251. The average Bonchev–Trinajstić information content (AvgIpc) is 2.98. The Morgan fingerprint density at radius 2 is 1.87 bits per heavy atom. The Morgan fingerprint density at radius 1 is 1.10 bits per heavy atom. The van der Waals surface area contributed by atoms with Crippen LogP contribution in [0.4, 0.5) is 4.79 Å². The zero-order valence-electron chi connectivity index (χ0n) is 18.0. The van der Waals surface area contributed by atoms with E-state index in [9.17, 15) is 9.59 Å². The topological polar surface area (TPSA) is 56.8 Å². The summed E-state index contributed by atoms with van der Waals surface area (Å²) < 4.78 is 0. The first-order valence-corrected chi connectivity index (χ1v) is 11.4. The van der Waals surface area contributed by atoms with Gasteiger partial charge in [0.1, 0.15) is 5.54 Å². The van der Waals surface area contributed by atoms with E-state index in [0.29, 0.717) is 25.9 Å². The molecule has 3 amide bonds. The molecule has 0 N–H and O–H groups in total.